The molecule has 0 aliphatic rings. The van der Waals surface area contributed by atoms with E-state index in [1.807, 2.05) is 0 Å². The summed E-state index contributed by atoms with van der Waals surface area (Å²) in [6.07, 6.45) is 0. The van der Waals surface area contributed by atoms with Crippen LogP contribution in [0.25, 0.3) is 0 Å². The highest BCUT2D eigenvalue weighted by molar-refractivity contribution is 8.00. The molecule has 0 saturated heterocycles. The van der Waals surface area contributed by atoms with Crippen molar-refractivity contribution >= 4 is 23.4 Å². The quantitative estimate of drug-likeness (QED) is 0.566. The number of hydrogen-bond acceptors (Lipinski definition) is 2. The van der Waals surface area contributed by atoms with Crippen LogP contribution < -0.4 is 5.32 Å². The minimum atomic E-state index is -4.12. The summed E-state index contributed by atoms with van der Waals surface area (Å²) in [5, 5.41) is 2.76. The van der Waals surface area contributed by atoms with Crippen LogP contribution in [0.5, 0.6) is 0 Å². The summed E-state index contributed by atoms with van der Waals surface area (Å²) in [4.78, 5) is 0. The normalized spacial score (nSPS) is 14.8. The molecule has 1 nitrogen and oxygen atoms in total. The first-order valence-electron chi connectivity index (χ1n) is 3.47. The van der Waals surface area contributed by atoms with Crippen molar-refractivity contribution in [2.24, 2.45) is 0 Å². The van der Waals surface area contributed by atoms with E-state index in [0.29, 0.717) is 13.1 Å². The van der Waals surface area contributed by atoms with Gasteiger partial charge in [0.25, 0.3) is 0 Å². The summed E-state index contributed by atoms with van der Waals surface area (Å²) in [7, 11) is 0. The van der Waals surface area contributed by atoms with Gasteiger partial charge in [-0.2, -0.15) is 13.2 Å². The Hall–Kier alpha value is 0.390. The van der Waals surface area contributed by atoms with E-state index in [0.717, 1.165) is 0 Å². The third-order valence-electron chi connectivity index (χ3n) is 0.970. The van der Waals surface area contributed by atoms with Crippen LogP contribution in [0, 0.1) is 0 Å². The Bertz CT molecular complexity index is 118. The van der Waals surface area contributed by atoms with E-state index >= 15 is 0 Å². The summed E-state index contributed by atoms with van der Waals surface area (Å²) in [6.45, 7) is 2.66. The van der Waals surface area contributed by atoms with Crippen LogP contribution in [-0.2, 0) is 0 Å². The lowest BCUT2D eigenvalue weighted by Gasteiger charge is -2.07. The molecular weight excluding hydrogens is 211 g/mol. The van der Waals surface area contributed by atoms with Crippen molar-refractivity contribution in [2.75, 3.05) is 18.8 Å². The molecule has 0 radical (unpaired) electrons. The fraction of sp³-hybridized carbons (Fsp3) is 1.00. The van der Waals surface area contributed by atoms with Crippen molar-refractivity contribution < 1.29 is 13.2 Å². The molecule has 0 fully saturated rings. The molecule has 0 amide bonds. The first-order chi connectivity index (χ1) is 5.42. The van der Waals surface area contributed by atoms with Gasteiger partial charge in [0, 0.05) is 24.2 Å². The predicted octanol–water partition coefficient (Wildman–Crippen LogP) is 2.46. The zero-order chi connectivity index (χ0) is 9.61. The summed E-state index contributed by atoms with van der Waals surface area (Å²) >= 11 is 5.53. The number of thioether (sulfide) groups is 1. The van der Waals surface area contributed by atoms with Gasteiger partial charge in [-0.1, -0.05) is 0 Å². The van der Waals surface area contributed by atoms with E-state index in [2.05, 4.69) is 5.32 Å². The molecule has 0 spiro atoms. The molecule has 12 heavy (non-hydrogen) atoms. The van der Waals surface area contributed by atoms with Crippen LogP contribution in [0.4, 0.5) is 13.2 Å². The molecule has 0 aromatic heterocycles. The lowest BCUT2D eigenvalue weighted by atomic mass is 10.5. The van der Waals surface area contributed by atoms with E-state index in [-0.39, 0.29) is 22.9 Å². The van der Waals surface area contributed by atoms with Gasteiger partial charge in [0.2, 0.25) is 0 Å². The third-order valence-corrected chi connectivity index (χ3v) is 1.86. The molecule has 0 saturated carbocycles. The van der Waals surface area contributed by atoms with Crippen LogP contribution in [0.1, 0.15) is 6.92 Å². The monoisotopic (exact) mass is 221 g/mol. The van der Waals surface area contributed by atoms with E-state index in [9.17, 15) is 13.2 Å². The second kappa shape index (κ2) is 5.94. The molecule has 0 aliphatic heterocycles. The Kier molecular flexibility index (Phi) is 6.13. The fourth-order valence-electron chi connectivity index (χ4n) is 0.540. The largest absolute Gasteiger partial charge is 0.441 e. The molecule has 0 heterocycles. The Morgan fingerprint density at radius 1 is 1.50 bits per heavy atom. The number of hydrogen-bond donors (Lipinski definition) is 1. The predicted molar refractivity (Wildman–Crippen MR) is 46.7 cm³/mol. The maximum atomic E-state index is 11.6. The topological polar surface area (TPSA) is 12.0 Å². The van der Waals surface area contributed by atoms with Gasteiger partial charge in [-0.25, -0.2) is 0 Å². The Balaban J connectivity index is 3.12. The van der Waals surface area contributed by atoms with Gasteiger partial charge in [-0.15, -0.1) is 11.6 Å². The summed E-state index contributed by atoms with van der Waals surface area (Å²) < 4.78 is 34.7. The average Bonchev–Trinajstić information content (AvgIpc) is 1.83. The van der Waals surface area contributed by atoms with Crippen LogP contribution in [0.15, 0.2) is 0 Å². The SMILES string of the molecule is CC(Cl)CNCCSC(F)(F)F. The number of rotatable bonds is 5. The molecule has 1 atom stereocenters. The van der Waals surface area contributed by atoms with Gasteiger partial charge in [0.05, 0.1) is 0 Å². The first-order valence-corrected chi connectivity index (χ1v) is 4.89. The highest BCUT2D eigenvalue weighted by Gasteiger charge is 2.27. The van der Waals surface area contributed by atoms with Crippen LogP contribution in [0.2, 0.25) is 0 Å². The van der Waals surface area contributed by atoms with Gasteiger partial charge >= 0.3 is 5.51 Å². The molecule has 6 heteroatoms. The summed E-state index contributed by atoms with van der Waals surface area (Å²) in [5.41, 5.74) is -4.12. The van der Waals surface area contributed by atoms with Gasteiger partial charge in [-0.05, 0) is 18.7 Å². The highest BCUT2D eigenvalue weighted by atomic mass is 35.5. The van der Waals surface area contributed by atoms with Crippen molar-refractivity contribution in [3.8, 4) is 0 Å². The van der Waals surface area contributed by atoms with Crippen molar-refractivity contribution in [1.82, 2.24) is 5.32 Å². The minimum absolute atomic E-state index is 0.0203. The molecule has 0 aromatic carbocycles. The average molecular weight is 222 g/mol. The summed E-state index contributed by atoms with van der Waals surface area (Å²) in [6, 6.07) is 0. The lowest BCUT2D eigenvalue weighted by Crippen LogP contribution is -2.24. The molecule has 1 unspecified atom stereocenters. The molecule has 0 bridgehead atoms. The van der Waals surface area contributed by atoms with E-state index < -0.39 is 5.51 Å². The smallest absolute Gasteiger partial charge is 0.314 e. The number of halogens is 4. The maximum Gasteiger partial charge on any atom is 0.441 e. The van der Waals surface area contributed by atoms with Crippen LogP contribution >= 0.6 is 23.4 Å². The van der Waals surface area contributed by atoms with Gasteiger partial charge < -0.3 is 5.32 Å². The Morgan fingerprint density at radius 3 is 2.50 bits per heavy atom. The molecule has 0 rings (SSSR count). The Labute approximate surface area is 79.0 Å². The van der Waals surface area contributed by atoms with Crippen molar-refractivity contribution in [3.05, 3.63) is 0 Å². The highest BCUT2D eigenvalue weighted by Crippen LogP contribution is 2.29. The number of alkyl halides is 4. The number of nitrogens with one attached hydrogen (secondary N) is 1. The Morgan fingerprint density at radius 2 is 2.08 bits per heavy atom. The van der Waals surface area contributed by atoms with Gasteiger partial charge in [-0.3, -0.25) is 0 Å². The minimum Gasteiger partial charge on any atom is -0.314 e. The first kappa shape index (κ1) is 12.4. The lowest BCUT2D eigenvalue weighted by molar-refractivity contribution is -0.0327. The maximum absolute atomic E-state index is 11.6. The van der Waals surface area contributed by atoms with Crippen LogP contribution in [-0.4, -0.2) is 29.7 Å². The zero-order valence-corrected chi connectivity index (χ0v) is 8.19. The van der Waals surface area contributed by atoms with Gasteiger partial charge in [0.15, 0.2) is 0 Å². The third kappa shape index (κ3) is 10.4. The molecule has 74 valence electrons. The second-order valence-corrected chi connectivity index (χ2v) is 4.18. The van der Waals surface area contributed by atoms with E-state index in [1.165, 1.54) is 0 Å². The molecule has 1 N–H and O–H groups in total. The summed E-state index contributed by atoms with van der Waals surface area (Å²) in [5.74, 6) is 0.0348. The van der Waals surface area contributed by atoms with Crippen molar-refractivity contribution in [2.45, 2.75) is 17.8 Å². The van der Waals surface area contributed by atoms with Crippen molar-refractivity contribution in [1.29, 1.82) is 0 Å². The molecular formula is C6H11ClF3NS. The standard InChI is InChI=1S/C6H11ClF3NS/c1-5(7)4-11-2-3-12-6(8,9)10/h5,11H,2-4H2,1H3. The molecule has 0 aliphatic carbocycles. The van der Waals surface area contributed by atoms with Crippen molar-refractivity contribution in [3.63, 3.8) is 0 Å². The van der Waals surface area contributed by atoms with Crippen LogP contribution in [0.3, 0.4) is 0 Å². The fourth-order valence-corrected chi connectivity index (χ4v) is 1.13. The van der Waals surface area contributed by atoms with E-state index in [1.54, 1.807) is 6.92 Å². The zero-order valence-electron chi connectivity index (χ0n) is 6.62. The second-order valence-electron chi connectivity index (χ2n) is 2.28. The molecule has 0 aromatic rings. The van der Waals surface area contributed by atoms with E-state index in [4.69, 9.17) is 11.6 Å². The van der Waals surface area contributed by atoms with Gasteiger partial charge in [0.1, 0.15) is 0 Å².